The average molecular weight is 370 g/mol. The van der Waals surface area contributed by atoms with E-state index in [0.29, 0.717) is 19.6 Å². The summed E-state index contributed by atoms with van der Waals surface area (Å²) < 4.78 is 34.5. The van der Waals surface area contributed by atoms with Crippen LogP contribution in [0.1, 0.15) is 44.7 Å². The number of hydrogen-bond donors (Lipinski definition) is 1. The lowest BCUT2D eigenvalue weighted by molar-refractivity contribution is 0.164. The summed E-state index contributed by atoms with van der Waals surface area (Å²) in [4.78, 5) is 2.38. The minimum atomic E-state index is -3.45. The number of nitrogens with one attached hydrogen (secondary N) is 1. The summed E-state index contributed by atoms with van der Waals surface area (Å²) in [7, 11) is -1.80. The first-order chi connectivity index (χ1) is 12.0. The van der Waals surface area contributed by atoms with Gasteiger partial charge in [0.15, 0.2) is 0 Å². The molecule has 0 saturated carbocycles. The molecule has 2 rings (SSSR count). The molecule has 25 heavy (non-hydrogen) atoms. The number of ether oxygens (including phenoxy) is 1. The highest BCUT2D eigenvalue weighted by Gasteiger charge is 2.26. The topological polar surface area (TPSA) is 61.9 Å². The maximum absolute atomic E-state index is 12.5. The van der Waals surface area contributed by atoms with E-state index in [-0.39, 0.29) is 6.04 Å². The summed E-state index contributed by atoms with van der Waals surface area (Å²) in [6.07, 6.45) is 3.57. The highest BCUT2D eigenvalue weighted by Crippen LogP contribution is 2.26. The Kier molecular flexibility index (Phi) is 7.68. The summed E-state index contributed by atoms with van der Waals surface area (Å²) in [6, 6.07) is 7.97. The molecule has 1 fully saturated rings. The van der Waals surface area contributed by atoms with Gasteiger partial charge in [-0.05, 0) is 43.6 Å². The predicted molar refractivity (Wildman–Crippen MR) is 101 cm³/mol. The summed E-state index contributed by atoms with van der Waals surface area (Å²) in [5, 5.41) is 0. The smallest absolute Gasteiger partial charge is 0.279 e. The van der Waals surface area contributed by atoms with Crippen molar-refractivity contribution in [1.29, 1.82) is 0 Å². The van der Waals surface area contributed by atoms with E-state index in [1.807, 2.05) is 38.1 Å². The Bertz CT molecular complexity index is 609. The number of methoxy groups -OCH3 is 1. The third kappa shape index (κ3) is 5.41. The SMILES string of the molecule is CCN(CC)S(=O)(=O)NCC(c1ccc(OC)cc1)N1CCCCC1. The number of hydrogen-bond acceptors (Lipinski definition) is 4. The Morgan fingerprint density at radius 1 is 1.12 bits per heavy atom. The summed E-state index contributed by atoms with van der Waals surface area (Å²) in [5.41, 5.74) is 1.12. The zero-order valence-corrected chi connectivity index (χ0v) is 16.4. The minimum Gasteiger partial charge on any atom is -0.497 e. The predicted octanol–water partition coefficient (Wildman–Crippen LogP) is 2.40. The van der Waals surface area contributed by atoms with Crippen LogP contribution >= 0.6 is 0 Å². The van der Waals surface area contributed by atoms with E-state index in [0.717, 1.165) is 37.2 Å². The molecule has 0 aliphatic carbocycles. The molecule has 0 radical (unpaired) electrons. The van der Waals surface area contributed by atoms with Gasteiger partial charge in [-0.1, -0.05) is 32.4 Å². The molecule has 0 amide bonds. The molecule has 1 heterocycles. The third-order valence-corrected chi connectivity index (χ3v) is 6.56. The first-order valence-electron chi connectivity index (χ1n) is 9.14. The Morgan fingerprint density at radius 2 is 1.72 bits per heavy atom. The highest BCUT2D eigenvalue weighted by atomic mass is 32.2. The van der Waals surface area contributed by atoms with Crippen molar-refractivity contribution in [3.8, 4) is 5.75 Å². The number of piperidine rings is 1. The van der Waals surface area contributed by atoms with E-state index in [1.165, 1.54) is 10.7 Å². The number of benzene rings is 1. The molecule has 6 nitrogen and oxygen atoms in total. The van der Waals surface area contributed by atoms with Gasteiger partial charge in [0, 0.05) is 25.7 Å². The molecule has 0 aromatic heterocycles. The van der Waals surface area contributed by atoms with Gasteiger partial charge in [0.05, 0.1) is 7.11 Å². The van der Waals surface area contributed by atoms with Crippen molar-refractivity contribution in [3.63, 3.8) is 0 Å². The molecule has 7 heteroatoms. The first kappa shape index (κ1) is 20.2. The Labute approximate surface area is 152 Å². The fraction of sp³-hybridized carbons (Fsp3) is 0.667. The Morgan fingerprint density at radius 3 is 2.24 bits per heavy atom. The summed E-state index contributed by atoms with van der Waals surface area (Å²) >= 11 is 0. The largest absolute Gasteiger partial charge is 0.497 e. The van der Waals surface area contributed by atoms with Crippen LogP contribution in [-0.4, -0.2) is 57.5 Å². The third-order valence-electron chi connectivity index (χ3n) is 4.84. The van der Waals surface area contributed by atoms with Gasteiger partial charge in [0.25, 0.3) is 10.2 Å². The normalized spacial score (nSPS) is 17.6. The van der Waals surface area contributed by atoms with Gasteiger partial charge in [0.2, 0.25) is 0 Å². The zero-order valence-electron chi connectivity index (χ0n) is 15.6. The molecule has 1 aliphatic rings. The van der Waals surface area contributed by atoms with Crippen LogP contribution in [0.5, 0.6) is 5.75 Å². The minimum absolute atomic E-state index is 0.0385. The maximum atomic E-state index is 12.5. The molecular formula is C18H31N3O3S. The van der Waals surface area contributed by atoms with Crippen molar-refractivity contribution in [2.75, 3.05) is 39.8 Å². The van der Waals surface area contributed by atoms with E-state index in [2.05, 4.69) is 9.62 Å². The van der Waals surface area contributed by atoms with Crippen molar-refractivity contribution >= 4 is 10.2 Å². The second kappa shape index (κ2) is 9.52. The lowest BCUT2D eigenvalue weighted by Crippen LogP contribution is -2.45. The van der Waals surface area contributed by atoms with Crippen LogP contribution in [-0.2, 0) is 10.2 Å². The molecule has 1 aromatic carbocycles. The van der Waals surface area contributed by atoms with E-state index >= 15 is 0 Å². The van der Waals surface area contributed by atoms with E-state index in [4.69, 9.17) is 4.74 Å². The molecule has 1 atom stereocenters. The molecule has 0 spiro atoms. The number of likely N-dealkylation sites (tertiary alicyclic amines) is 1. The molecule has 1 aromatic rings. The number of nitrogens with zero attached hydrogens (tertiary/aromatic N) is 2. The van der Waals surface area contributed by atoms with Gasteiger partial charge >= 0.3 is 0 Å². The van der Waals surface area contributed by atoms with Gasteiger partial charge in [-0.2, -0.15) is 12.7 Å². The fourth-order valence-electron chi connectivity index (χ4n) is 3.35. The average Bonchev–Trinajstić information content (AvgIpc) is 2.64. The van der Waals surface area contributed by atoms with Gasteiger partial charge in [-0.3, -0.25) is 4.90 Å². The van der Waals surface area contributed by atoms with Crippen molar-refractivity contribution in [2.24, 2.45) is 0 Å². The number of rotatable bonds is 9. The monoisotopic (exact) mass is 369 g/mol. The maximum Gasteiger partial charge on any atom is 0.279 e. The van der Waals surface area contributed by atoms with E-state index < -0.39 is 10.2 Å². The van der Waals surface area contributed by atoms with Crippen molar-refractivity contribution < 1.29 is 13.2 Å². The molecule has 1 N–H and O–H groups in total. The van der Waals surface area contributed by atoms with Crippen LogP contribution < -0.4 is 9.46 Å². The van der Waals surface area contributed by atoms with E-state index in [9.17, 15) is 8.42 Å². The van der Waals surface area contributed by atoms with Gasteiger partial charge in [-0.15, -0.1) is 0 Å². The van der Waals surface area contributed by atoms with Crippen molar-refractivity contribution in [3.05, 3.63) is 29.8 Å². The van der Waals surface area contributed by atoms with Gasteiger partial charge < -0.3 is 4.74 Å². The molecule has 1 aliphatic heterocycles. The molecule has 1 saturated heterocycles. The second-order valence-corrected chi connectivity index (χ2v) is 8.08. The van der Waals surface area contributed by atoms with Gasteiger partial charge in [-0.25, -0.2) is 4.72 Å². The highest BCUT2D eigenvalue weighted by molar-refractivity contribution is 7.87. The summed E-state index contributed by atoms with van der Waals surface area (Å²) in [5.74, 6) is 0.810. The molecular weight excluding hydrogens is 338 g/mol. The van der Waals surface area contributed by atoms with Crippen LogP contribution in [0, 0.1) is 0 Å². The zero-order chi connectivity index (χ0) is 18.3. The lowest BCUT2D eigenvalue weighted by atomic mass is 10.0. The standard InChI is InChI=1S/C18H31N3O3S/c1-4-21(5-2)25(22,23)19-15-18(20-13-7-6-8-14-20)16-9-11-17(24-3)12-10-16/h9-12,18-19H,4-8,13-15H2,1-3H3. The van der Waals surface area contributed by atoms with Crippen molar-refractivity contribution in [1.82, 2.24) is 13.9 Å². The van der Waals surface area contributed by atoms with Crippen molar-refractivity contribution in [2.45, 2.75) is 39.2 Å². The van der Waals surface area contributed by atoms with Crippen LogP contribution in [0.3, 0.4) is 0 Å². The van der Waals surface area contributed by atoms with Crippen LogP contribution in [0.4, 0.5) is 0 Å². The Balaban J connectivity index is 2.16. The first-order valence-corrected chi connectivity index (χ1v) is 10.6. The van der Waals surface area contributed by atoms with E-state index in [1.54, 1.807) is 7.11 Å². The second-order valence-electron chi connectivity index (χ2n) is 6.32. The lowest BCUT2D eigenvalue weighted by Gasteiger charge is -2.35. The quantitative estimate of drug-likeness (QED) is 0.726. The van der Waals surface area contributed by atoms with Gasteiger partial charge in [0.1, 0.15) is 5.75 Å². The molecule has 1 unspecified atom stereocenters. The molecule has 0 bridgehead atoms. The van der Waals surface area contributed by atoms with Crippen LogP contribution in [0.25, 0.3) is 0 Å². The van der Waals surface area contributed by atoms with Crippen LogP contribution in [0.2, 0.25) is 0 Å². The summed E-state index contributed by atoms with van der Waals surface area (Å²) in [6.45, 7) is 7.05. The Hall–Kier alpha value is -1.15. The molecule has 142 valence electrons. The fourth-order valence-corrected chi connectivity index (χ4v) is 4.58. The van der Waals surface area contributed by atoms with Crippen LogP contribution in [0.15, 0.2) is 24.3 Å².